The number of alkyl halides is 3. The topological polar surface area (TPSA) is 86.0 Å². The van der Waals surface area contributed by atoms with E-state index in [1.54, 1.807) is 18.5 Å². The molecule has 9 heteroatoms. The second-order valence-electron chi connectivity index (χ2n) is 9.05. The molecule has 1 saturated heterocycles. The fourth-order valence-electron chi connectivity index (χ4n) is 5.02. The number of hydrogen-bond acceptors (Lipinski definition) is 6. The van der Waals surface area contributed by atoms with Crippen LogP contribution in [0.5, 0.6) is 0 Å². The number of aryl methyl sites for hydroxylation is 1. The minimum Gasteiger partial charge on any atom is -0.383 e. The van der Waals surface area contributed by atoms with Gasteiger partial charge in [-0.2, -0.15) is 13.2 Å². The van der Waals surface area contributed by atoms with Crippen molar-refractivity contribution in [3.05, 3.63) is 42.4 Å². The molecule has 1 aliphatic heterocycles. The van der Waals surface area contributed by atoms with Gasteiger partial charge in [0, 0.05) is 42.8 Å². The van der Waals surface area contributed by atoms with Gasteiger partial charge in [0.1, 0.15) is 17.7 Å². The molecule has 0 amide bonds. The van der Waals surface area contributed by atoms with Crippen LogP contribution in [0.25, 0.3) is 22.0 Å². The van der Waals surface area contributed by atoms with Gasteiger partial charge in [0.25, 0.3) is 0 Å². The number of ether oxygens (including phenoxy) is 1. The zero-order chi connectivity index (χ0) is 23.2. The summed E-state index contributed by atoms with van der Waals surface area (Å²) in [5, 5.41) is 3.97. The summed E-state index contributed by atoms with van der Waals surface area (Å²) in [7, 11) is 0. The molecule has 33 heavy (non-hydrogen) atoms. The smallest absolute Gasteiger partial charge is 0.383 e. The third-order valence-corrected chi connectivity index (χ3v) is 6.91. The molecule has 3 unspecified atom stereocenters. The van der Waals surface area contributed by atoms with Crippen molar-refractivity contribution >= 4 is 22.4 Å². The first kappa shape index (κ1) is 21.9. The Hall–Kier alpha value is -2.94. The Balaban J connectivity index is 1.43. The summed E-state index contributed by atoms with van der Waals surface area (Å²) in [5.41, 5.74) is 8.57. The number of pyridine rings is 3. The third-order valence-electron chi connectivity index (χ3n) is 6.91. The van der Waals surface area contributed by atoms with E-state index in [4.69, 9.17) is 10.5 Å². The summed E-state index contributed by atoms with van der Waals surface area (Å²) >= 11 is 0. The summed E-state index contributed by atoms with van der Waals surface area (Å²) in [5.74, 6) is 0.396. The molecule has 3 atom stereocenters. The SMILES string of the molecule is Cc1ccncc1-c1cc2cc(NC(C3CC3C3CCOCC3)C(F)(F)F)ncc2c(N)n1. The predicted molar refractivity (Wildman–Crippen MR) is 121 cm³/mol. The van der Waals surface area contributed by atoms with Gasteiger partial charge in [0.15, 0.2) is 0 Å². The van der Waals surface area contributed by atoms with Gasteiger partial charge >= 0.3 is 6.18 Å². The van der Waals surface area contributed by atoms with Crippen molar-refractivity contribution in [2.45, 2.75) is 38.4 Å². The van der Waals surface area contributed by atoms with Crippen LogP contribution in [0, 0.1) is 24.7 Å². The van der Waals surface area contributed by atoms with E-state index in [1.165, 1.54) is 6.20 Å². The number of aromatic nitrogens is 3. The van der Waals surface area contributed by atoms with Gasteiger partial charge in [-0.05, 0) is 73.1 Å². The maximum Gasteiger partial charge on any atom is 0.408 e. The van der Waals surface area contributed by atoms with Gasteiger partial charge in [0.05, 0.1) is 5.69 Å². The Bertz CT molecular complexity index is 1160. The van der Waals surface area contributed by atoms with Gasteiger partial charge in [-0.3, -0.25) is 4.98 Å². The molecule has 2 aliphatic rings. The Labute approximate surface area is 189 Å². The van der Waals surface area contributed by atoms with Crippen LogP contribution < -0.4 is 11.1 Å². The minimum atomic E-state index is -4.36. The molecule has 3 aromatic rings. The number of hydrogen-bond donors (Lipinski definition) is 2. The highest BCUT2D eigenvalue weighted by Gasteiger charge is 2.56. The molecule has 174 valence electrons. The summed E-state index contributed by atoms with van der Waals surface area (Å²) in [6.45, 7) is 3.22. The van der Waals surface area contributed by atoms with Crippen LogP contribution in [0.2, 0.25) is 0 Å². The quantitative estimate of drug-likeness (QED) is 0.562. The van der Waals surface area contributed by atoms with Crippen molar-refractivity contribution in [2.24, 2.45) is 17.8 Å². The standard InChI is InChI=1S/C24H26F3N5O/c1-13-2-5-29-11-18(13)20-8-15-9-21(30-12-19(15)23(28)31-20)32-22(24(25,26)27)17-10-16(17)14-3-6-33-7-4-14/h2,5,8-9,11-12,14,16-17,22H,3-4,6-7,10H2,1H3,(H2,28,31)(H,30,32). The molecule has 3 N–H and O–H groups in total. The summed E-state index contributed by atoms with van der Waals surface area (Å²) < 4.78 is 47.3. The first-order chi connectivity index (χ1) is 15.8. The van der Waals surface area contributed by atoms with Gasteiger partial charge < -0.3 is 15.8 Å². The molecule has 4 heterocycles. The minimum absolute atomic E-state index is 0.0773. The summed E-state index contributed by atoms with van der Waals surface area (Å²) in [4.78, 5) is 12.8. The number of fused-ring (bicyclic) bond motifs is 1. The maximum atomic E-state index is 14.0. The maximum absolute atomic E-state index is 14.0. The zero-order valence-corrected chi connectivity index (χ0v) is 18.3. The Morgan fingerprint density at radius 1 is 1.18 bits per heavy atom. The van der Waals surface area contributed by atoms with Crippen LogP contribution in [-0.4, -0.2) is 40.4 Å². The van der Waals surface area contributed by atoms with Gasteiger partial charge in [0.2, 0.25) is 0 Å². The number of anilines is 2. The Morgan fingerprint density at radius 2 is 1.97 bits per heavy atom. The number of rotatable bonds is 5. The van der Waals surface area contributed by atoms with E-state index in [2.05, 4.69) is 20.3 Å². The van der Waals surface area contributed by atoms with Crippen LogP contribution in [0.15, 0.2) is 36.8 Å². The van der Waals surface area contributed by atoms with Crippen molar-refractivity contribution in [3.63, 3.8) is 0 Å². The highest BCUT2D eigenvalue weighted by Crippen LogP contribution is 2.53. The lowest BCUT2D eigenvalue weighted by Gasteiger charge is -2.26. The fourth-order valence-corrected chi connectivity index (χ4v) is 5.02. The van der Waals surface area contributed by atoms with Crippen LogP contribution in [0.4, 0.5) is 24.8 Å². The van der Waals surface area contributed by atoms with E-state index < -0.39 is 18.1 Å². The van der Waals surface area contributed by atoms with Crippen molar-refractivity contribution in [3.8, 4) is 11.3 Å². The molecule has 0 bridgehead atoms. The van der Waals surface area contributed by atoms with Gasteiger partial charge in [-0.25, -0.2) is 9.97 Å². The first-order valence-corrected chi connectivity index (χ1v) is 11.2. The molecule has 0 spiro atoms. The lowest BCUT2D eigenvalue weighted by molar-refractivity contribution is -0.148. The van der Waals surface area contributed by atoms with E-state index in [1.807, 2.05) is 19.1 Å². The van der Waals surface area contributed by atoms with Gasteiger partial charge in [-0.1, -0.05) is 0 Å². The second kappa shape index (κ2) is 8.44. The fraction of sp³-hybridized carbons (Fsp3) is 0.458. The first-order valence-electron chi connectivity index (χ1n) is 11.2. The molecule has 1 saturated carbocycles. The molecule has 5 rings (SSSR count). The number of nitrogens with zero attached hydrogens (tertiary/aromatic N) is 3. The number of halogens is 3. The van der Waals surface area contributed by atoms with Crippen molar-refractivity contribution in [1.29, 1.82) is 0 Å². The Morgan fingerprint density at radius 3 is 2.70 bits per heavy atom. The van der Waals surface area contributed by atoms with E-state index in [9.17, 15) is 13.2 Å². The normalized spacial score (nSPS) is 22.3. The van der Waals surface area contributed by atoms with E-state index in [0.29, 0.717) is 42.0 Å². The zero-order valence-electron chi connectivity index (χ0n) is 18.3. The van der Waals surface area contributed by atoms with Crippen LogP contribution in [0.3, 0.4) is 0 Å². The van der Waals surface area contributed by atoms with E-state index in [0.717, 1.165) is 24.0 Å². The lowest BCUT2D eigenvalue weighted by atomic mass is 9.92. The molecule has 6 nitrogen and oxygen atoms in total. The largest absolute Gasteiger partial charge is 0.408 e. The average molecular weight is 458 g/mol. The second-order valence-corrected chi connectivity index (χ2v) is 9.05. The summed E-state index contributed by atoms with van der Waals surface area (Å²) in [6, 6.07) is 3.67. The third kappa shape index (κ3) is 4.46. The van der Waals surface area contributed by atoms with Crippen LogP contribution in [-0.2, 0) is 4.74 Å². The van der Waals surface area contributed by atoms with E-state index >= 15 is 0 Å². The molecule has 2 fully saturated rings. The molecular weight excluding hydrogens is 431 g/mol. The molecule has 0 radical (unpaired) electrons. The number of nitrogen functional groups attached to an aromatic ring is 1. The molecule has 0 aromatic carbocycles. The number of nitrogens with one attached hydrogen (secondary N) is 1. The summed E-state index contributed by atoms with van der Waals surface area (Å²) in [6.07, 6.45) is 2.76. The Kier molecular flexibility index (Phi) is 5.60. The predicted octanol–water partition coefficient (Wildman–Crippen LogP) is 4.99. The van der Waals surface area contributed by atoms with Crippen molar-refractivity contribution in [1.82, 2.24) is 15.0 Å². The van der Waals surface area contributed by atoms with Crippen LogP contribution >= 0.6 is 0 Å². The monoisotopic (exact) mass is 457 g/mol. The number of nitrogens with two attached hydrogens (primary N) is 1. The molecule has 3 aromatic heterocycles. The highest BCUT2D eigenvalue weighted by molar-refractivity contribution is 5.94. The van der Waals surface area contributed by atoms with Crippen molar-refractivity contribution < 1.29 is 17.9 Å². The highest BCUT2D eigenvalue weighted by atomic mass is 19.4. The van der Waals surface area contributed by atoms with Gasteiger partial charge in [-0.15, -0.1) is 0 Å². The molecule has 1 aliphatic carbocycles. The van der Waals surface area contributed by atoms with E-state index in [-0.39, 0.29) is 17.6 Å². The van der Waals surface area contributed by atoms with Crippen LogP contribution in [0.1, 0.15) is 24.8 Å². The lowest BCUT2D eigenvalue weighted by Crippen LogP contribution is -2.39. The molecular formula is C24H26F3N5O. The average Bonchev–Trinajstić information content (AvgIpc) is 3.58. The van der Waals surface area contributed by atoms with Crippen molar-refractivity contribution in [2.75, 3.05) is 24.3 Å².